The Balaban J connectivity index is 2.26. The van der Waals surface area contributed by atoms with E-state index in [0.29, 0.717) is 5.75 Å². The normalized spacial score (nSPS) is 15.5. The fraction of sp³-hybridized carbons (Fsp3) is 0.550. The zero-order valence-electron chi connectivity index (χ0n) is 18.8. The van der Waals surface area contributed by atoms with Gasteiger partial charge in [0.2, 0.25) is 15.9 Å². The van der Waals surface area contributed by atoms with Gasteiger partial charge in [0.25, 0.3) is 5.91 Å². The molecule has 3 N–H and O–H groups in total. The number of hydrogen-bond acceptors (Lipinski definition) is 7. The Kier molecular flexibility index (Phi) is 9.02. The van der Waals surface area contributed by atoms with E-state index in [4.69, 9.17) is 9.84 Å². The van der Waals surface area contributed by atoms with Crippen LogP contribution >= 0.6 is 0 Å². The molecule has 3 amide bonds. The predicted octanol–water partition coefficient (Wildman–Crippen LogP) is 0.428. The van der Waals surface area contributed by atoms with Crippen LogP contribution in [-0.4, -0.2) is 96.6 Å². The van der Waals surface area contributed by atoms with Crippen LogP contribution in [0.2, 0.25) is 0 Å². The second kappa shape index (κ2) is 11.3. The molecule has 1 aliphatic rings. The van der Waals surface area contributed by atoms with Gasteiger partial charge in [0.15, 0.2) is 0 Å². The Morgan fingerprint density at radius 3 is 2.09 bits per heavy atom. The molecule has 1 aromatic rings. The third-order valence-corrected chi connectivity index (χ3v) is 7.33. The first-order valence-corrected chi connectivity index (χ1v) is 11.8. The zero-order valence-corrected chi connectivity index (χ0v) is 19.6. The van der Waals surface area contributed by atoms with Gasteiger partial charge in [-0.3, -0.25) is 14.8 Å². The highest BCUT2D eigenvalue weighted by molar-refractivity contribution is 7.89. The zero-order chi connectivity index (χ0) is 24.8. The van der Waals surface area contributed by atoms with Crippen molar-refractivity contribution < 1.29 is 37.9 Å². The highest BCUT2D eigenvalue weighted by atomic mass is 32.2. The number of hydrogen-bond donors (Lipinski definition) is 3. The first kappa shape index (κ1) is 26.4. The highest BCUT2D eigenvalue weighted by Crippen LogP contribution is 2.25. The SMILES string of the molecule is COc1ccc(S(=O)(=O)N(CCC(=O)N2CCN(C(=O)O)CC2)[C@@H](C(=O)NO)C(C)C)cc1. The van der Waals surface area contributed by atoms with Crippen LogP contribution < -0.4 is 10.2 Å². The summed E-state index contributed by atoms with van der Waals surface area (Å²) < 4.78 is 32.8. The first-order chi connectivity index (χ1) is 15.5. The van der Waals surface area contributed by atoms with Crippen LogP contribution in [0.5, 0.6) is 5.75 Å². The van der Waals surface area contributed by atoms with Crippen molar-refractivity contribution in [1.82, 2.24) is 19.6 Å². The van der Waals surface area contributed by atoms with E-state index < -0.39 is 34.0 Å². The fourth-order valence-corrected chi connectivity index (χ4v) is 5.36. The smallest absolute Gasteiger partial charge is 0.407 e. The van der Waals surface area contributed by atoms with Crippen molar-refractivity contribution in [3.05, 3.63) is 24.3 Å². The summed E-state index contributed by atoms with van der Waals surface area (Å²) in [5.41, 5.74) is 1.51. The number of hydroxylamine groups is 1. The summed E-state index contributed by atoms with van der Waals surface area (Å²) in [7, 11) is -2.78. The number of methoxy groups -OCH3 is 1. The van der Waals surface area contributed by atoms with E-state index in [1.54, 1.807) is 13.8 Å². The summed E-state index contributed by atoms with van der Waals surface area (Å²) in [6.45, 7) is 3.67. The van der Waals surface area contributed by atoms with Gasteiger partial charge in [-0.05, 0) is 30.2 Å². The lowest BCUT2D eigenvalue weighted by atomic mass is 10.0. The Morgan fingerprint density at radius 1 is 1.09 bits per heavy atom. The Morgan fingerprint density at radius 2 is 1.64 bits per heavy atom. The van der Waals surface area contributed by atoms with Gasteiger partial charge < -0.3 is 19.6 Å². The molecule has 13 heteroatoms. The number of benzene rings is 1. The van der Waals surface area contributed by atoms with Crippen LogP contribution in [0.3, 0.4) is 0 Å². The number of carbonyl (C=O) groups is 3. The number of nitrogens with one attached hydrogen (secondary N) is 1. The molecule has 0 unspecified atom stereocenters. The number of piperazine rings is 1. The van der Waals surface area contributed by atoms with Crippen LogP contribution in [0, 0.1) is 5.92 Å². The predicted molar refractivity (Wildman–Crippen MR) is 116 cm³/mol. The number of ether oxygens (including phenoxy) is 1. The summed E-state index contributed by atoms with van der Waals surface area (Å²) in [6, 6.07) is 4.34. The van der Waals surface area contributed by atoms with E-state index in [1.807, 2.05) is 0 Å². The number of amides is 3. The highest BCUT2D eigenvalue weighted by Gasteiger charge is 2.38. The third kappa shape index (κ3) is 6.33. The van der Waals surface area contributed by atoms with Crippen LogP contribution in [0.15, 0.2) is 29.2 Å². The molecule has 0 spiro atoms. The molecule has 0 bridgehead atoms. The standard InChI is InChI=1S/C20H30N4O8S/c1-14(2)18(19(26)21-29)24(33(30,31)16-6-4-15(32-3)5-7-16)9-8-17(25)22-10-12-23(13-11-22)20(27)28/h4-7,14,18,29H,8-13H2,1-3H3,(H,21,26)(H,27,28)/t18-/m1/s1. The molecule has 12 nitrogen and oxygen atoms in total. The van der Waals surface area contributed by atoms with Crippen molar-refractivity contribution in [2.75, 3.05) is 39.8 Å². The molecule has 1 aliphatic heterocycles. The molecule has 0 aliphatic carbocycles. The molecular formula is C20H30N4O8S. The lowest BCUT2D eigenvalue weighted by molar-refractivity contribution is -0.136. The monoisotopic (exact) mass is 486 g/mol. The molecule has 1 aromatic carbocycles. The number of rotatable bonds is 9. The lowest BCUT2D eigenvalue weighted by Crippen LogP contribution is -2.53. The number of carbonyl (C=O) groups excluding carboxylic acids is 2. The molecule has 0 aromatic heterocycles. The summed E-state index contributed by atoms with van der Waals surface area (Å²) >= 11 is 0. The van der Waals surface area contributed by atoms with Gasteiger partial charge in [-0.15, -0.1) is 0 Å². The first-order valence-electron chi connectivity index (χ1n) is 10.4. The Labute approximate surface area is 192 Å². The Bertz CT molecular complexity index is 943. The van der Waals surface area contributed by atoms with Gasteiger partial charge in [-0.25, -0.2) is 18.7 Å². The quantitative estimate of drug-likeness (QED) is 0.335. The second-order valence-electron chi connectivity index (χ2n) is 7.86. The van der Waals surface area contributed by atoms with E-state index in [1.165, 1.54) is 46.7 Å². The van der Waals surface area contributed by atoms with Crippen molar-refractivity contribution in [2.24, 2.45) is 5.92 Å². The molecule has 33 heavy (non-hydrogen) atoms. The Hall–Kier alpha value is -2.90. The number of sulfonamides is 1. The van der Waals surface area contributed by atoms with Gasteiger partial charge in [0.1, 0.15) is 11.8 Å². The van der Waals surface area contributed by atoms with E-state index in [-0.39, 0.29) is 49.9 Å². The minimum absolute atomic E-state index is 0.0952. The van der Waals surface area contributed by atoms with Crippen molar-refractivity contribution in [2.45, 2.75) is 31.2 Å². The molecule has 184 valence electrons. The molecule has 1 fully saturated rings. The van der Waals surface area contributed by atoms with Crippen molar-refractivity contribution in [3.63, 3.8) is 0 Å². The molecule has 1 heterocycles. The third-order valence-electron chi connectivity index (χ3n) is 5.44. The van der Waals surface area contributed by atoms with E-state index in [2.05, 4.69) is 0 Å². The van der Waals surface area contributed by atoms with E-state index in [9.17, 15) is 28.0 Å². The maximum Gasteiger partial charge on any atom is 0.407 e. The van der Waals surface area contributed by atoms with Gasteiger partial charge in [-0.2, -0.15) is 4.31 Å². The van der Waals surface area contributed by atoms with Gasteiger partial charge in [-0.1, -0.05) is 13.8 Å². The van der Waals surface area contributed by atoms with Crippen LogP contribution in [0.4, 0.5) is 4.79 Å². The van der Waals surface area contributed by atoms with Gasteiger partial charge in [0, 0.05) is 39.1 Å². The molecule has 0 saturated carbocycles. The summed E-state index contributed by atoms with van der Waals surface area (Å²) in [5, 5.41) is 18.2. The lowest BCUT2D eigenvalue weighted by Gasteiger charge is -2.35. The molecule has 2 rings (SSSR count). The topological polar surface area (TPSA) is 157 Å². The van der Waals surface area contributed by atoms with Crippen molar-refractivity contribution >= 4 is 27.9 Å². The van der Waals surface area contributed by atoms with Crippen LogP contribution in [0.25, 0.3) is 0 Å². The fourth-order valence-electron chi connectivity index (χ4n) is 3.64. The largest absolute Gasteiger partial charge is 0.497 e. The van der Waals surface area contributed by atoms with Crippen LogP contribution in [0.1, 0.15) is 20.3 Å². The van der Waals surface area contributed by atoms with E-state index >= 15 is 0 Å². The minimum atomic E-state index is -4.22. The minimum Gasteiger partial charge on any atom is -0.497 e. The number of nitrogens with zero attached hydrogens (tertiary/aromatic N) is 3. The molecule has 1 saturated heterocycles. The van der Waals surface area contributed by atoms with Crippen molar-refractivity contribution in [1.29, 1.82) is 0 Å². The van der Waals surface area contributed by atoms with Gasteiger partial charge >= 0.3 is 6.09 Å². The second-order valence-corrected chi connectivity index (χ2v) is 9.75. The summed E-state index contributed by atoms with van der Waals surface area (Å²) in [6.07, 6.45) is -1.28. The van der Waals surface area contributed by atoms with E-state index in [0.717, 1.165) is 4.31 Å². The maximum absolute atomic E-state index is 13.4. The maximum atomic E-state index is 13.4. The molecular weight excluding hydrogens is 456 g/mol. The summed E-state index contributed by atoms with van der Waals surface area (Å²) in [5.74, 6) is -1.34. The van der Waals surface area contributed by atoms with Crippen molar-refractivity contribution in [3.8, 4) is 5.75 Å². The number of carboxylic acid groups (broad SMARTS) is 1. The molecule has 0 radical (unpaired) electrons. The molecule has 1 atom stereocenters. The average Bonchev–Trinajstić information content (AvgIpc) is 2.80. The van der Waals surface area contributed by atoms with Gasteiger partial charge in [0.05, 0.1) is 12.0 Å². The summed E-state index contributed by atoms with van der Waals surface area (Å²) in [4.78, 5) is 38.7. The van der Waals surface area contributed by atoms with Crippen LogP contribution in [-0.2, 0) is 19.6 Å². The average molecular weight is 487 g/mol.